The van der Waals surface area contributed by atoms with Gasteiger partial charge in [0.15, 0.2) is 0 Å². The zero-order valence-electron chi connectivity index (χ0n) is 11.4. The summed E-state index contributed by atoms with van der Waals surface area (Å²) in [6.07, 6.45) is 0. The van der Waals surface area contributed by atoms with Gasteiger partial charge in [0.05, 0.1) is 5.54 Å². The first-order valence-electron chi connectivity index (χ1n) is 5.81. The number of alkyl halides is 3. The third kappa shape index (κ3) is 2.35. The Morgan fingerprint density at radius 1 is 1.24 bits per heavy atom. The van der Waals surface area contributed by atoms with Gasteiger partial charge in [-0.25, -0.2) is 0 Å². The van der Waals surface area contributed by atoms with Gasteiger partial charge in [0.2, 0.25) is 0 Å². The van der Waals surface area contributed by atoms with Crippen molar-refractivity contribution in [2.24, 2.45) is 0 Å². The van der Waals surface area contributed by atoms with Gasteiger partial charge in [0.25, 0.3) is 5.91 Å². The van der Waals surface area contributed by atoms with E-state index in [9.17, 15) is 26.4 Å². The van der Waals surface area contributed by atoms with Crippen LogP contribution >= 0.6 is 0 Å². The number of benzene rings is 1. The maximum absolute atomic E-state index is 12.3. The third-order valence-electron chi connectivity index (χ3n) is 3.51. The number of hydrogen-bond donors (Lipinski definition) is 0. The van der Waals surface area contributed by atoms with Gasteiger partial charge in [-0.15, -0.1) is 0 Å². The smallest absolute Gasteiger partial charge is 0.376 e. The van der Waals surface area contributed by atoms with Crippen molar-refractivity contribution in [1.82, 2.24) is 4.90 Å². The maximum Gasteiger partial charge on any atom is 0.534 e. The summed E-state index contributed by atoms with van der Waals surface area (Å²) in [7, 11) is -4.18. The summed E-state index contributed by atoms with van der Waals surface area (Å²) in [5.74, 6) is -0.775. The lowest BCUT2D eigenvalue weighted by molar-refractivity contribution is -0.0500. The molecule has 0 bridgehead atoms. The van der Waals surface area contributed by atoms with Crippen LogP contribution in [0, 0.1) is 0 Å². The average molecular weight is 323 g/mol. The highest BCUT2D eigenvalue weighted by molar-refractivity contribution is 7.88. The molecule has 1 heterocycles. The normalized spacial score (nSPS) is 17.8. The first-order valence-corrected chi connectivity index (χ1v) is 7.22. The van der Waals surface area contributed by atoms with Crippen LogP contribution in [0.15, 0.2) is 18.2 Å². The predicted molar refractivity (Wildman–Crippen MR) is 67.2 cm³/mol. The van der Waals surface area contributed by atoms with E-state index >= 15 is 0 Å². The molecule has 5 nitrogen and oxygen atoms in total. The molecule has 116 valence electrons. The van der Waals surface area contributed by atoms with Gasteiger partial charge in [-0.3, -0.25) is 4.79 Å². The summed E-state index contributed by atoms with van der Waals surface area (Å²) >= 11 is 0. The van der Waals surface area contributed by atoms with Crippen molar-refractivity contribution < 1.29 is 30.6 Å². The molecule has 1 aromatic carbocycles. The molecule has 0 saturated carbocycles. The highest BCUT2D eigenvalue weighted by Gasteiger charge is 2.49. The predicted octanol–water partition coefficient (Wildman–Crippen LogP) is 2.24. The fourth-order valence-electron chi connectivity index (χ4n) is 2.06. The molecule has 0 spiro atoms. The van der Waals surface area contributed by atoms with E-state index in [2.05, 4.69) is 4.18 Å². The van der Waals surface area contributed by atoms with E-state index in [1.165, 1.54) is 11.0 Å². The number of amides is 1. The molecule has 0 fully saturated rings. The zero-order valence-corrected chi connectivity index (χ0v) is 12.2. The lowest BCUT2D eigenvalue weighted by atomic mass is 9.94. The Labute approximate surface area is 119 Å². The van der Waals surface area contributed by atoms with Crippen LogP contribution in [0.2, 0.25) is 0 Å². The summed E-state index contributed by atoms with van der Waals surface area (Å²) in [4.78, 5) is 13.4. The van der Waals surface area contributed by atoms with Crippen molar-refractivity contribution in [3.05, 3.63) is 29.3 Å². The summed E-state index contributed by atoms with van der Waals surface area (Å²) in [5.41, 5.74) is -5.56. The van der Waals surface area contributed by atoms with Gasteiger partial charge in [-0.05, 0) is 37.6 Å². The fourth-order valence-corrected chi connectivity index (χ4v) is 2.51. The van der Waals surface area contributed by atoms with Crippen molar-refractivity contribution in [2.75, 3.05) is 7.05 Å². The number of nitrogens with zero attached hydrogens (tertiary/aromatic N) is 1. The molecule has 0 saturated heterocycles. The Bertz CT molecular complexity index is 710. The first kappa shape index (κ1) is 15.6. The van der Waals surface area contributed by atoms with E-state index in [1.54, 1.807) is 20.9 Å². The molecule has 0 atom stereocenters. The van der Waals surface area contributed by atoms with Crippen LogP contribution in [0.4, 0.5) is 13.2 Å². The Balaban J connectivity index is 2.46. The summed E-state index contributed by atoms with van der Waals surface area (Å²) < 4.78 is 62.9. The number of rotatable bonds is 2. The molecule has 0 unspecified atom stereocenters. The van der Waals surface area contributed by atoms with Crippen molar-refractivity contribution in [3.8, 4) is 5.75 Å². The van der Waals surface area contributed by atoms with E-state index in [1.807, 2.05) is 0 Å². The van der Waals surface area contributed by atoms with Gasteiger partial charge in [0.1, 0.15) is 5.75 Å². The number of hydrogen-bond acceptors (Lipinski definition) is 4. The molecule has 0 aromatic heterocycles. The molecule has 0 aliphatic carbocycles. The van der Waals surface area contributed by atoms with Gasteiger partial charge in [0, 0.05) is 12.6 Å². The first-order chi connectivity index (χ1) is 9.38. The zero-order chi connectivity index (χ0) is 16.2. The van der Waals surface area contributed by atoms with Crippen LogP contribution in [0.5, 0.6) is 5.75 Å². The van der Waals surface area contributed by atoms with Crippen LogP contribution < -0.4 is 4.18 Å². The van der Waals surface area contributed by atoms with Gasteiger partial charge in [-0.2, -0.15) is 21.6 Å². The van der Waals surface area contributed by atoms with E-state index in [0.717, 1.165) is 12.1 Å². The lowest BCUT2D eigenvalue weighted by Crippen LogP contribution is -2.35. The number of carbonyl (C=O) groups excluding carboxylic acids is 1. The van der Waals surface area contributed by atoms with Crippen LogP contribution in [0.25, 0.3) is 0 Å². The standard InChI is InChI=1S/C12H12F3NO4S/c1-11(2)9-6-7(20-21(18,19)12(13,14)15)4-5-8(9)10(17)16(11)3/h4-6H,1-3H3. The third-order valence-corrected chi connectivity index (χ3v) is 4.49. The molecule has 21 heavy (non-hydrogen) atoms. The topological polar surface area (TPSA) is 63.7 Å². The summed E-state index contributed by atoms with van der Waals surface area (Å²) in [5, 5.41) is 0. The molecule has 2 rings (SSSR count). The van der Waals surface area contributed by atoms with Crippen LogP contribution in [-0.4, -0.2) is 31.8 Å². The van der Waals surface area contributed by atoms with Crippen molar-refractivity contribution in [3.63, 3.8) is 0 Å². The molecule has 0 radical (unpaired) electrons. The van der Waals surface area contributed by atoms with Crippen molar-refractivity contribution in [1.29, 1.82) is 0 Å². The van der Waals surface area contributed by atoms with Gasteiger partial charge in [-0.1, -0.05) is 0 Å². The molecule has 0 N–H and O–H groups in total. The average Bonchev–Trinajstić information content (AvgIpc) is 2.50. The number of fused-ring (bicyclic) bond motifs is 1. The molecular formula is C12H12F3NO4S. The van der Waals surface area contributed by atoms with Gasteiger partial charge >= 0.3 is 15.6 Å². The Kier molecular flexibility index (Phi) is 3.24. The summed E-state index contributed by atoms with van der Waals surface area (Å²) in [6.45, 7) is 3.39. The van der Waals surface area contributed by atoms with E-state index < -0.39 is 26.9 Å². The molecule has 9 heteroatoms. The molecule has 1 aromatic rings. The van der Waals surface area contributed by atoms with E-state index in [4.69, 9.17) is 0 Å². The fraction of sp³-hybridized carbons (Fsp3) is 0.417. The summed E-state index contributed by atoms with van der Waals surface area (Å²) in [6, 6.07) is 3.42. The van der Waals surface area contributed by atoms with Crippen LogP contribution in [-0.2, 0) is 15.7 Å². The second-order valence-electron chi connectivity index (χ2n) is 5.11. The monoisotopic (exact) mass is 323 g/mol. The second-order valence-corrected chi connectivity index (χ2v) is 6.65. The Morgan fingerprint density at radius 3 is 2.33 bits per heavy atom. The minimum Gasteiger partial charge on any atom is -0.376 e. The Morgan fingerprint density at radius 2 is 1.81 bits per heavy atom. The number of halogens is 3. The maximum atomic E-state index is 12.3. The molecule has 1 aliphatic rings. The molecular weight excluding hydrogens is 311 g/mol. The van der Waals surface area contributed by atoms with Gasteiger partial charge < -0.3 is 9.08 Å². The molecule has 1 aliphatic heterocycles. The second kappa shape index (κ2) is 4.36. The molecule has 1 amide bonds. The highest BCUT2D eigenvalue weighted by Crippen LogP contribution is 2.39. The van der Waals surface area contributed by atoms with Crippen LogP contribution in [0.3, 0.4) is 0 Å². The van der Waals surface area contributed by atoms with Crippen LogP contribution in [0.1, 0.15) is 29.8 Å². The van der Waals surface area contributed by atoms with Crippen molar-refractivity contribution in [2.45, 2.75) is 24.9 Å². The van der Waals surface area contributed by atoms with Crippen molar-refractivity contribution >= 4 is 16.0 Å². The van der Waals surface area contributed by atoms with E-state index in [0.29, 0.717) is 11.1 Å². The largest absolute Gasteiger partial charge is 0.534 e. The Hall–Kier alpha value is -1.77. The minimum atomic E-state index is -5.73. The lowest BCUT2D eigenvalue weighted by Gasteiger charge is -2.28. The highest BCUT2D eigenvalue weighted by atomic mass is 32.2. The quantitative estimate of drug-likeness (QED) is 0.618. The minimum absolute atomic E-state index is 0.291. The van der Waals surface area contributed by atoms with E-state index in [-0.39, 0.29) is 5.91 Å². The SMILES string of the molecule is CN1C(=O)c2ccc(OS(=O)(=O)C(F)(F)F)cc2C1(C)C. The number of carbonyl (C=O) groups is 1.